The molecule has 1 aliphatic heterocycles. The molecular weight excluding hydrogens is 288 g/mol. The lowest BCUT2D eigenvalue weighted by Crippen LogP contribution is -2.22. The molecular formula is C19H26N2O2. The van der Waals surface area contributed by atoms with E-state index in [0.717, 1.165) is 56.2 Å². The van der Waals surface area contributed by atoms with E-state index in [2.05, 4.69) is 54.2 Å². The van der Waals surface area contributed by atoms with Crippen LogP contribution < -0.4 is 4.74 Å². The first-order valence-corrected chi connectivity index (χ1v) is 8.71. The Kier molecular flexibility index (Phi) is 5.34. The van der Waals surface area contributed by atoms with E-state index in [-0.39, 0.29) is 0 Å². The van der Waals surface area contributed by atoms with Gasteiger partial charge in [0.15, 0.2) is 5.76 Å². The number of hydrogen-bond acceptors (Lipinski definition) is 4. The summed E-state index contributed by atoms with van der Waals surface area (Å²) >= 11 is 0. The van der Waals surface area contributed by atoms with Crippen molar-refractivity contribution in [2.45, 2.75) is 52.1 Å². The first-order chi connectivity index (χ1) is 11.3. The number of aromatic nitrogens is 1. The molecule has 1 atom stereocenters. The normalized spacial score (nSPS) is 18.4. The SMILES string of the molecule is CCCOc1ccc(CN2CCC[C@H]2c2cc(CC)no2)cc1. The van der Waals surface area contributed by atoms with Crippen LogP contribution in [0.1, 0.15) is 56.2 Å². The van der Waals surface area contributed by atoms with Crippen LogP contribution in [0, 0.1) is 0 Å². The fraction of sp³-hybridized carbons (Fsp3) is 0.526. The number of nitrogens with zero attached hydrogens (tertiary/aromatic N) is 2. The summed E-state index contributed by atoms with van der Waals surface area (Å²) < 4.78 is 11.2. The molecule has 1 saturated heterocycles. The van der Waals surface area contributed by atoms with E-state index in [1.807, 2.05) is 0 Å². The minimum Gasteiger partial charge on any atom is -0.494 e. The van der Waals surface area contributed by atoms with Crippen LogP contribution in [0.3, 0.4) is 0 Å². The minimum absolute atomic E-state index is 0.360. The first kappa shape index (κ1) is 16.1. The number of hydrogen-bond donors (Lipinski definition) is 0. The summed E-state index contributed by atoms with van der Waals surface area (Å²) in [5, 5.41) is 4.14. The summed E-state index contributed by atoms with van der Waals surface area (Å²) in [5.41, 5.74) is 2.36. The predicted molar refractivity (Wildman–Crippen MR) is 90.5 cm³/mol. The Balaban J connectivity index is 1.64. The van der Waals surface area contributed by atoms with Crippen molar-refractivity contribution in [3.63, 3.8) is 0 Å². The molecule has 0 bridgehead atoms. The van der Waals surface area contributed by atoms with Gasteiger partial charge in [-0.15, -0.1) is 0 Å². The van der Waals surface area contributed by atoms with Crippen molar-refractivity contribution in [1.29, 1.82) is 0 Å². The van der Waals surface area contributed by atoms with Crippen LogP contribution in [0.5, 0.6) is 5.75 Å². The van der Waals surface area contributed by atoms with Crippen molar-refractivity contribution in [2.24, 2.45) is 0 Å². The van der Waals surface area contributed by atoms with Gasteiger partial charge in [-0.1, -0.05) is 31.1 Å². The zero-order chi connectivity index (χ0) is 16.1. The van der Waals surface area contributed by atoms with Gasteiger partial charge in [0.05, 0.1) is 18.3 Å². The Hall–Kier alpha value is -1.81. The second-order valence-electron chi connectivity index (χ2n) is 6.20. The van der Waals surface area contributed by atoms with Gasteiger partial charge in [0.1, 0.15) is 5.75 Å². The molecule has 3 rings (SSSR count). The van der Waals surface area contributed by atoms with Crippen molar-refractivity contribution < 1.29 is 9.26 Å². The van der Waals surface area contributed by atoms with Gasteiger partial charge in [-0.05, 0) is 49.9 Å². The third-order valence-electron chi connectivity index (χ3n) is 4.41. The van der Waals surface area contributed by atoms with Crippen LogP contribution >= 0.6 is 0 Å². The van der Waals surface area contributed by atoms with Crippen LogP contribution in [0.15, 0.2) is 34.9 Å². The van der Waals surface area contributed by atoms with Gasteiger partial charge < -0.3 is 9.26 Å². The van der Waals surface area contributed by atoms with Gasteiger partial charge >= 0.3 is 0 Å². The third-order valence-corrected chi connectivity index (χ3v) is 4.41. The summed E-state index contributed by atoms with van der Waals surface area (Å²) in [5.74, 6) is 1.97. The summed E-state index contributed by atoms with van der Waals surface area (Å²) in [6.45, 7) is 7.06. The molecule has 124 valence electrons. The Morgan fingerprint density at radius 2 is 2.09 bits per heavy atom. The molecule has 1 aromatic carbocycles. The van der Waals surface area contributed by atoms with E-state index in [0.29, 0.717) is 6.04 Å². The molecule has 0 saturated carbocycles. The number of rotatable bonds is 7. The lowest BCUT2D eigenvalue weighted by molar-refractivity contribution is 0.206. The average molecular weight is 314 g/mol. The molecule has 0 unspecified atom stereocenters. The van der Waals surface area contributed by atoms with Crippen molar-refractivity contribution in [2.75, 3.05) is 13.2 Å². The van der Waals surface area contributed by atoms with Gasteiger partial charge in [0.25, 0.3) is 0 Å². The van der Waals surface area contributed by atoms with Crippen LogP contribution in [0.4, 0.5) is 0 Å². The first-order valence-electron chi connectivity index (χ1n) is 8.71. The number of aryl methyl sites for hydroxylation is 1. The third kappa shape index (κ3) is 3.94. The Bertz CT molecular complexity index is 606. The minimum atomic E-state index is 0.360. The highest BCUT2D eigenvalue weighted by atomic mass is 16.5. The highest BCUT2D eigenvalue weighted by molar-refractivity contribution is 5.27. The Morgan fingerprint density at radius 1 is 1.26 bits per heavy atom. The lowest BCUT2D eigenvalue weighted by Gasteiger charge is -2.22. The topological polar surface area (TPSA) is 38.5 Å². The zero-order valence-electron chi connectivity index (χ0n) is 14.1. The molecule has 0 N–H and O–H groups in total. The largest absolute Gasteiger partial charge is 0.494 e. The van der Waals surface area contributed by atoms with Crippen LogP contribution in [0.2, 0.25) is 0 Å². The molecule has 1 aliphatic rings. The molecule has 2 aromatic rings. The second-order valence-corrected chi connectivity index (χ2v) is 6.20. The van der Waals surface area contributed by atoms with Crippen LogP contribution in [-0.4, -0.2) is 23.2 Å². The molecule has 4 nitrogen and oxygen atoms in total. The standard InChI is InChI=1S/C19H26N2O2/c1-3-12-22-17-9-7-15(8-10-17)14-21-11-5-6-18(21)19-13-16(4-2)20-23-19/h7-10,13,18H,3-6,11-12,14H2,1-2H3/t18-/m0/s1. The molecule has 0 radical (unpaired) electrons. The number of likely N-dealkylation sites (tertiary alicyclic amines) is 1. The summed E-state index contributed by atoms with van der Waals surface area (Å²) in [6.07, 6.45) is 4.32. The predicted octanol–water partition coefficient (Wildman–Crippen LogP) is 4.36. The van der Waals surface area contributed by atoms with Gasteiger partial charge in [0.2, 0.25) is 0 Å². The van der Waals surface area contributed by atoms with Crippen LogP contribution in [-0.2, 0) is 13.0 Å². The summed E-state index contributed by atoms with van der Waals surface area (Å²) in [6, 6.07) is 10.9. The van der Waals surface area contributed by atoms with Crippen LogP contribution in [0.25, 0.3) is 0 Å². The van der Waals surface area contributed by atoms with Gasteiger partial charge in [-0.2, -0.15) is 0 Å². The number of ether oxygens (including phenoxy) is 1. The zero-order valence-corrected chi connectivity index (χ0v) is 14.1. The maximum absolute atomic E-state index is 5.65. The maximum Gasteiger partial charge on any atom is 0.154 e. The van der Waals surface area contributed by atoms with Gasteiger partial charge in [-0.3, -0.25) is 4.90 Å². The van der Waals surface area contributed by atoms with E-state index >= 15 is 0 Å². The van der Waals surface area contributed by atoms with Crippen molar-refractivity contribution in [3.8, 4) is 5.75 Å². The van der Waals surface area contributed by atoms with Gasteiger partial charge in [-0.25, -0.2) is 0 Å². The molecule has 2 heterocycles. The molecule has 4 heteroatoms. The monoisotopic (exact) mass is 314 g/mol. The van der Waals surface area contributed by atoms with E-state index < -0.39 is 0 Å². The molecule has 0 spiro atoms. The van der Waals surface area contributed by atoms with Crippen molar-refractivity contribution >= 4 is 0 Å². The fourth-order valence-electron chi connectivity index (χ4n) is 3.13. The van der Waals surface area contributed by atoms with Crippen molar-refractivity contribution in [3.05, 3.63) is 47.3 Å². The fourth-order valence-corrected chi connectivity index (χ4v) is 3.13. The Labute approximate surface area is 138 Å². The molecule has 1 fully saturated rings. The Morgan fingerprint density at radius 3 is 2.78 bits per heavy atom. The molecule has 1 aromatic heterocycles. The maximum atomic E-state index is 5.65. The van der Waals surface area contributed by atoms with Gasteiger partial charge in [0, 0.05) is 12.6 Å². The van der Waals surface area contributed by atoms with E-state index in [9.17, 15) is 0 Å². The lowest BCUT2D eigenvalue weighted by atomic mass is 10.1. The van der Waals surface area contributed by atoms with E-state index in [1.54, 1.807) is 0 Å². The van der Waals surface area contributed by atoms with E-state index in [4.69, 9.17) is 9.26 Å². The highest BCUT2D eigenvalue weighted by Gasteiger charge is 2.29. The smallest absolute Gasteiger partial charge is 0.154 e. The number of benzene rings is 1. The highest BCUT2D eigenvalue weighted by Crippen LogP contribution is 2.33. The summed E-state index contributed by atoms with van der Waals surface area (Å²) in [7, 11) is 0. The molecule has 0 aliphatic carbocycles. The second kappa shape index (κ2) is 7.64. The summed E-state index contributed by atoms with van der Waals surface area (Å²) in [4.78, 5) is 2.49. The molecule has 0 amide bonds. The molecule has 23 heavy (non-hydrogen) atoms. The van der Waals surface area contributed by atoms with Crippen molar-refractivity contribution in [1.82, 2.24) is 10.1 Å². The quantitative estimate of drug-likeness (QED) is 0.761. The van der Waals surface area contributed by atoms with E-state index in [1.165, 1.54) is 12.0 Å². The average Bonchev–Trinajstić information content (AvgIpc) is 3.22.